The Morgan fingerprint density at radius 1 is 0.226 bits per heavy atom. The van der Waals surface area contributed by atoms with Gasteiger partial charge in [0.15, 0.2) is 0 Å². The molecule has 0 heterocycles. The van der Waals surface area contributed by atoms with Gasteiger partial charge in [0, 0.05) is 19.5 Å². The third-order valence-corrected chi connectivity index (χ3v) is 16.5. The van der Waals surface area contributed by atoms with Crippen LogP contribution in [0, 0.1) is 15.3 Å². The van der Waals surface area contributed by atoms with Crippen molar-refractivity contribution in [3.05, 3.63) is 288 Å². The minimum Gasteiger partial charge on any atom is -0.356 e. The zero-order valence-corrected chi connectivity index (χ0v) is 38.1. The summed E-state index contributed by atoms with van der Waals surface area (Å²) in [6.45, 7) is 0. The Bertz CT molecular complexity index is 1980. The topological polar surface area (TPSA) is 66.2 Å². The fourth-order valence-corrected chi connectivity index (χ4v) is 13.5. The Labute approximate surface area is 382 Å². The van der Waals surface area contributed by atoms with E-state index in [1.54, 1.807) is 0 Å². The van der Waals surface area contributed by atoms with Crippen molar-refractivity contribution >= 4 is 71.5 Å². The molecule has 9 aromatic carbocycles. The van der Waals surface area contributed by atoms with E-state index < -0.39 is 28.9 Å². The van der Waals surface area contributed by atoms with Crippen molar-refractivity contribution in [2.45, 2.75) is 0 Å². The van der Waals surface area contributed by atoms with Crippen molar-refractivity contribution in [2.24, 2.45) is 0 Å². The fourth-order valence-electron chi connectivity index (χ4n) is 6.54. The first-order valence-corrected chi connectivity index (χ1v) is 23.8. The van der Waals surface area contributed by atoms with Gasteiger partial charge in [-0.2, -0.15) is 0 Å². The van der Waals surface area contributed by atoms with Crippen LogP contribution in [-0.2, 0) is 19.5 Å². The number of nitrogens with zero attached hydrogens (tertiary/aromatic N) is 1. The molecule has 0 fully saturated rings. The second-order valence-electron chi connectivity index (χ2n) is 13.2. The molecule has 0 spiro atoms. The van der Waals surface area contributed by atoms with Crippen LogP contribution in [0.25, 0.3) is 0 Å². The summed E-state index contributed by atoms with van der Waals surface area (Å²) in [6, 6.07) is 97.0. The van der Waals surface area contributed by atoms with Crippen LogP contribution in [0.15, 0.2) is 273 Å². The number of hydrogen-bond donors (Lipinski definition) is 0. The first kappa shape index (κ1) is 47.1. The van der Waals surface area contributed by atoms with Gasteiger partial charge in [-0.3, -0.25) is 0 Å². The monoisotopic (exact) mass is 951 g/mol. The maximum atomic E-state index is 8.25. The van der Waals surface area contributed by atoms with E-state index in [1.165, 1.54) is 47.7 Å². The summed E-state index contributed by atoms with van der Waals surface area (Å²) in [5.74, 6) is 0. The molecule has 0 aliphatic heterocycles. The van der Waals surface area contributed by atoms with Crippen LogP contribution in [0.5, 0.6) is 0 Å². The second kappa shape index (κ2) is 26.4. The van der Waals surface area contributed by atoms with Gasteiger partial charge in [0.25, 0.3) is 0 Å². The Hall–Kier alpha value is -5.91. The molecular formula is C54H45NO3P3Rh-. The number of benzene rings is 9. The summed E-state index contributed by atoms with van der Waals surface area (Å²) in [5.41, 5.74) is 0. The number of hydrogen-bond acceptors (Lipinski definition) is 3. The summed E-state index contributed by atoms with van der Waals surface area (Å²) in [6.07, 6.45) is 0. The van der Waals surface area contributed by atoms with E-state index in [2.05, 4.69) is 273 Å². The van der Waals surface area contributed by atoms with E-state index in [0.29, 0.717) is 0 Å². The molecule has 309 valence electrons. The predicted molar refractivity (Wildman–Crippen MR) is 266 cm³/mol. The minimum atomic E-state index is -1.75. The zero-order chi connectivity index (χ0) is 42.3. The average Bonchev–Trinajstić information content (AvgIpc) is 3.33. The fraction of sp³-hybridized carbons (Fsp3) is 0. The van der Waals surface area contributed by atoms with Crippen LogP contribution in [0.3, 0.4) is 0 Å². The molecule has 0 aromatic heterocycles. The first-order chi connectivity index (χ1) is 30.1. The molecule has 62 heavy (non-hydrogen) atoms. The van der Waals surface area contributed by atoms with Crippen molar-refractivity contribution in [1.29, 1.82) is 0 Å². The molecule has 0 saturated carbocycles. The largest absolute Gasteiger partial charge is 0.356 e. The van der Waals surface area contributed by atoms with E-state index >= 15 is 0 Å². The predicted octanol–water partition coefficient (Wildman–Crippen LogP) is 10.1. The van der Waals surface area contributed by atoms with Crippen LogP contribution < -0.4 is 47.7 Å². The molecule has 9 rings (SSSR count). The van der Waals surface area contributed by atoms with E-state index in [1.807, 2.05) is 0 Å². The molecule has 0 amide bonds. The Morgan fingerprint density at radius 3 is 0.387 bits per heavy atom. The van der Waals surface area contributed by atoms with E-state index in [-0.39, 0.29) is 19.5 Å². The zero-order valence-electron chi connectivity index (χ0n) is 33.8. The minimum absolute atomic E-state index is 0. The Balaban J connectivity index is 0.000000167. The van der Waals surface area contributed by atoms with Crippen molar-refractivity contribution < 1.29 is 24.6 Å². The third-order valence-electron chi connectivity index (χ3n) is 9.13. The van der Waals surface area contributed by atoms with Crippen molar-refractivity contribution in [1.82, 2.24) is 0 Å². The third kappa shape index (κ3) is 14.6. The molecule has 0 atom stereocenters. The Kier molecular flexibility index (Phi) is 20.1. The van der Waals surface area contributed by atoms with Gasteiger partial charge in [0.2, 0.25) is 0 Å². The first-order valence-electron chi connectivity index (χ1n) is 19.8. The smallest absolute Gasteiger partial charge is 0.0689 e. The number of rotatable bonds is 9. The quantitative estimate of drug-likeness (QED) is 0.0627. The molecule has 0 saturated heterocycles. The van der Waals surface area contributed by atoms with E-state index in [0.717, 1.165) is 0 Å². The van der Waals surface area contributed by atoms with Crippen LogP contribution in [0.4, 0.5) is 0 Å². The van der Waals surface area contributed by atoms with Crippen LogP contribution in [-0.4, -0.2) is 5.09 Å². The van der Waals surface area contributed by atoms with Gasteiger partial charge in [0.1, 0.15) is 0 Å². The van der Waals surface area contributed by atoms with Gasteiger partial charge >= 0.3 is 0 Å². The maximum absolute atomic E-state index is 8.25. The Morgan fingerprint density at radius 2 is 0.306 bits per heavy atom. The van der Waals surface area contributed by atoms with Crippen molar-refractivity contribution in [3.63, 3.8) is 0 Å². The van der Waals surface area contributed by atoms with Gasteiger partial charge in [-0.15, -0.1) is 0 Å². The molecule has 8 heteroatoms. The summed E-state index contributed by atoms with van der Waals surface area (Å²) in [5, 5.41) is 27.3. The molecular weight excluding hydrogens is 906 g/mol. The summed E-state index contributed by atoms with van der Waals surface area (Å²) in [7, 11) is -1.34. The molecule has 9 aromatic rings. The molecule has 1 radical (unpaired) electrons. The maximum Gasteiger partial charge on any atom is 0.0689 e. The van der Waals surface area contributed by atoms with Gasteiger partial charge in [-0.25, -0.2) is 0 Å². The van der Waals surface area contributed by atoms with E-state index in [4.69, 9.17) is 15.3 Å². The van der Waals surface area contributed by atoms with Crippen LogP contribution in [0.2, 0.25) is 0 Å². The molecule has 0 aliphatic rings. The molecule has 4 nitrogen and oxygen atoms in total. The van der Waals surface area contributed by atoms with Gasteiger partial charge in [-0.1, -0.05) is 273 Å². The summed E-state index contributed by atoms with van der Waals surface area (Å²) in [4.78, 5) is 8.25. The van der Waals surface area contributed by atoms with Crippen molar-refractivity contribution in [3.8, 4) is 0 Å². The average molecular weight is 952 g/mol. The van der Waals surface area contributed by atoms with Crippen molar-refractivity contribution in [2.75, 3.05) is 0 Å². The van der Waals surface area contributed by atoms with Crippen LogP contribution >= 0.6 is 23.8 Å². The van der Waals surface area contributed by atoms with Gasteiger partial charge in [0.05, 0.1) is 5.09 Å². The normalized spacial score (nSPS) is 10.1. The summed E-state index contributed by atoms with van der Waals surface area (Å²) >= 11 is 0. The molecule has 0 aliphatic carbocycles. The molecule has 0 bridgehead atoms. The van der Waals surface area contributed by atoms with Gasteiger partial charge < -0.3 is 15.3 Å². The SMILES string of the molecule is O=[N+]([O-])[O-].[Rh].c1ccc(P(c2ccccc2)c2ccccc2)cc1.c1ccc(P(c2ccccc2)c2ccccc2)cc1.c1ccc(P(c2ccccc2)c2ccccc2)cc1. The molecule has 0 unspecified atom stereocenters. The standard InChI is InChI=1S/3C18H15P.NO3.Rh/c3*1-4-10-16(11-5-1)19(17-12-6-2-7-13-17)18-14-8-3-9-15-18;2-1(3)4;/h3*1-15H;;/q;;;-1;. The second-order valence-corrected chi connectivity index (χ2v) is 19.9. The van der Waals surface area contributed by atoms with Gasteiger partial charge in [-0.05, 0) is 71.5 Å². The van der Waals surface area contributed by atoms with E-state index in [9.17, 15) is 0 Å². The van der Waals surface area contributed by atoms with Crippen LogP contribution in [0.1, 0.15) is 0 Å². The molecule has 0 N–H and O–H groups in total. The summed E-state index contributed by atoms with van der Waals surface area (Å²) < 4.78 is 0.